The van der Waals surface area contributed by atoms with Gasteiger partial charge in [-0.25, -0.2) is 4.79 Å². The predicted molar refractivity (Wildman–Crippen MR) is 85.8 cm³/mol. The summed E-state index contributed by atoms with van der Waals surface area (Å²) < 4.78 is 5.70. The Morgan fingerprint density at radius 3 is 2.55 bits per heavy atom. The number of hydrogen-bond acceptors (Lipinski definition) is 4. The summed E-state index contributed by atoms with van der Waals surface area (Å²) in [5, 5.41) is 12.3. The molecule has 0 radical (unpaired) electrons. The standard InChI is InChI=1S/C16H14BrNO4/c1-10(15(20)18-12-5-3-2-4-6-12)22-16(21)13-9-11(17)7-8-14(13)19/h2-10,19H,1H3,(H,18,20)/t10-/m1/s1. The molecular weight excluding hydrogens is 350 g/mol. The van der Waals surface area contributed by atoms with Crippen molar-refractivity contribution in [1.29, 1.82) is 0 Å². The van der Waals surface area contributed by atoms with Gasteiger partial charge in [-0.15, -0.1) is 0 Å². The molecule has 0 saturated carbocycles. The van der Waals surface area contributed by atoms with Crippen LogP contribution in [0, 0.1) is 0 Å². The summed E-state index contributed by atoms with van der Waals surface area (Å²) in [6.45, 7) is 1.46. The van der Waals surface area contributed by atoms with E-state index in [4.69, 9.17) is 4.74 Å². The van der Waals surface area contributed by atoms with Crippen LogP contribution in [-0.2, 0) is 9.53 Å². The Hall–Kier alpha value is -2.34. The summed E-state index contributed by atoms with van der Waals surface area (Å²) in [5.74, 6) is -1.42. The van der Waals surface area contributed by atoms with Gasteiger partial charge in [-0.3, -0.25) is 4.79 Å². The van der Waals surface area contributed by atoms with Crippen molar-refractivity contribution in [2.24, 2.45) is 0 Å². The van der Waals surface area contributed by atoms with Crippen LogP contribution in [0.25, 0.3) is 0 Å². The van der Waals surface area contributed by atoms with Gasteiger partial charge >= 0.3 is 5.97 Å². The molecule has 22 heavy (non-hydrogen) atoms. The molecule has 0 spiro atoms. The number of rotatable bonds is 4. The van der Waals surface area contributed by atoms with Gasteiger partial charge in [0.05, 0.1) is 0 Å². The number of aromatic hydroxyl groups is 1. The van der Waals surface area contributed by atoms with Gasteiger partial charge in [-0.2, -0.15) is 0 Å². The maximum absolute atomic E-state index is 12.0. The number of phenolic OH excluding ortho intramolecular Hbond substituents is 1. The molecule has 0 aromatic heterocycles. The molecule has 0 aliphatic heterocycles. The lowest BCUT2D eigenvalue weighted by molar-refractivity contribution is -0.123. The Kier molecular flexibility index (Phi) is 5.16. The van der Waals surface area contributed by atoms with Crippen molar-refractivity contribution in [2.45, 2.75) is 13.0 Å². The number of esters is 1. The maximum atomic E-state index is 12.0. The highest BCUT2D eigenvalue weighted by Crippen LogP contribution is 2.23. The fourth-order valence-electron chi connectivity index (χ4n) is 1.71. The molecule has 0 aliphatic rings. The Balaban J connectivity index is 2.01. The second-order valence-electron chi connectivity index (χ2n) is 4.56. The summed E-state index contributed by atoms with van der Waals surface area (Å²) in [7, 11) is 0. The Morgan fingerprint density at radius 2 is 1.86 bits per heavy atom. The van der Waals surface area contributed by atoms with Gasteiger partial charge in [0.1, 0.15) is 11.3 Å². The minimum Gasteiger partial charge on any atom is -0.507 e. The van der Waals surface area contributed by atoms with Crippen molar-refractivity contribution < 1.29 is 19.4 Å². The highest BCUT2D eigenvalue weighted by Gasteiger charge is 2.21. The van der Waals surface area contributed by atoms with E-state index in [9.17, 15) is 14.7 Å². The molecular formula is C16H14BrNO4. The van der Waals surface area contributed by atoms with Crippen LogP contribution in [0.5, 0.6) is 5.75 Å². The number of carbonyl (C=O) groups excluding carboxylic acids is 2. The van der Waals surface area contributed by atoms with Crippen LogP contribution in [-0.4, -0.2) is 23.1 Å². The first-order valence-electron chi connectivity index (χ1n) is 6.53. The Labute approximate surface area is 136 Å². The number of nitrogens with one attached hydrogen (secondary N) is 1. The number of carbonyl (C=O) groups is 2. The molecule has 2 aromatic carbocycles. The zero-order valence-electron chi connectivity index (χ0n) is 11.7. The minimum absolute atomic E-state index is 0.00580. The molecule has 0 heterocycles. The molecule has 0 aliphatic carbocycles. The zero-order valence-corrected chi connectivity index (χ0v) is 13.3. The summed E-state index contributed by atoms with van der Waals surface area (Å²) in [4.78, 5) is 24.0. The highest BCUT2D eigenvalue weighted by molar-refractivity contribution is 9.10. The van der Waals surface area contributed by atoms with Gasteiger partial charge < -0.3 is 15.2 Å². The molecule has 0 saturated heterocycles. The Bertz CT molecular complexity index is 688. The SMILES string of the molecule is C[C@@H](OC(=O)c1cc(Br)ccc1O)C(=O)Nc1ccccc1. The fourth-order valence-corrected chi connectivity index (χ4v) is 2.08. The first-order chi connectivity index (χ1) is 10.5. The van der Waals surface area contributed by atoms with Crippen LogP contribution in [0.2, 0.25) is 0 Å². The van der Waals surface area contributed by atoms with Crippen LogP contribution < -0.4 is 5.32 Å². The maximum Gasteiger partial charge on any atom is 0.342 e. The molecule has 2 aromatic rings. The normalized spacial score (nSPS) is 11.5. The van der Waals surface area contributed by atoms with Gasteiger partial charge in [0, 0.05) is 10.2 Å². The van der Waals surface area contributed by atoms with Crippen LogP contribution >= 0.6 is 15.9 Å². The first-order valence-corrected chi connectivity index (χ1v) is 7.32. The fraction of sp³-hybridized carbons (Fsp3) is 0.125. The molecule has 1 amide bonds. The third-order valence-electron chi connectivity index (χ3n) is 2.87. The van der Waals surface area contributed by atoms with E-state index in [0.29, 0.717) is 10.2 Å². The van der Waals surface area contributed by atoms with E-state index in [1.54, 1.807) is 30.3 Å². The van der Waals surface area contributed by atoms with E-state index in [2.05, 4.69) is 21.2 Å². The Morgan fingerprint density at radius 1 is 1.18 bits per heavy atom. The van der Waals surface area contributed by atoms with Crippen molar-refractivity contribution in [2.75, 3.05) is 5.32 Å². The van der Waals surface area contributed by atoms with E-state index in [1.807, 2.05) is 6.07 Å². The van der Waals surface area contributed by atoms with Gasteiger partial charge in [-0.05, 0) is 37.3 Å². The van der Waals surface area contributed by atoms with E-state index in [-0.39, 0.29) is 11.3 Å². The first kappa shape index (κ1) is 16.0. The summed E-state index contributed by atoms with van der Waals surface area (Å²) in [6, 6.07) is 13.2. The van der Waals surface area contributed by atoms with Crippen molar-refractivity contribution >= 4 is 33.5 Å². The lowest BCUT2D eigenvalue weighted by atomic mass is 10.2. The highest BCUT2D eigenvalue weighted by atomic mass is 79.9. The van der Waals surface area contributed by atoms with Crippen molar-refractivity contribution in [3.8, 4) is 5.75 Å². The molecule has 0 bridgehead atoms. The molecule has 2 rings (SSSR count). The number of halogens is 1. The largest absolute Gasteiger partial charge is 0.507 e. The second kappa shape index (κ2) is 7.09. The third kappa shape index (κ3) is 4.08. The van der Waals surface area contributed by atoms with Crippen molar-refractivity contribution in [3.05, 3.63) is 58.6 Å². The smallest absolute Gasteiger partial charge is 0.342 e. The number of hydrogen-bond donors (Lipinski definition) is 2. The number of phenols is 1. The van der Waals surface area contributed by atoms with Crippen LogP contribution in [0.15, 0.2) is 53.0 Å². The van der Waals surface area contributed by atoms with Crippen molar-refractivity contribution in [3.63, 3.8) is 0 Å². The number of amides is 1. The van der Waals surface area contributed by atoms with Gasteiger partial charge in [-0.1, -0.05) is 34.1 Å². The van der Waals surface area contributed by atoms with E-state index >= 15 is 0 Å². The molecule has 1 atom stereocenters. The molecule has 0 fully saturated rings. The number of ether oxygens (including phenoxy) is 1. The average molecular weight is 364 g/mol. The van der Waals surface area contributed by atoms with E-state index in [0.717, 1.165) is 0 Å². The van der Waals surface area contributed by atoms with E-state index < -0.39 is 18.0 Å². The number of anilines is 1. The van der Waals surface area contributed by atoms with Crippen LogP contribution in [0.3, 0.4) is 0 Å². The van der Waals surface area contributed by atoms with Gasteiger partial charge in [0.15, 0.2) is 6.10 Å². The molecule has 0 unspecified atom stereocenters. The quantitative estimate of drug-likeness (QED) is 0.816. The van der Waals surface area contributed by atoms with E-state index in [1.165, 1.54) is 19.1 Å². The summed E-state index contributed by atoms with van der Waals surface area (Å²) >= 11 is 3.21. The minimum atomic E-state index is -0.994. The van der Waals surface area contributed by atoms with Crippen LogP contribution in [0.1, 0.15) is 17.3 Å². The monoisotopic (exact) mass is 363 g/mol. The average Bonchev–Trinajstić information content (AvgIpc) is 2.50. The lowest BCUT2D eigenvalue weighted by Crippen LogP contribution is -2.30. The number of para-hydroxylation sites is 1. The van der Waals surface area contributed by atoms with Crippen molar-refractivity contribution in [1.82, 2.24) is 0 Å². The summed E-state index contributed by atoms with van der Waals surface area (Å²) in [6.07, 6.45) is -0.994. The third-order valence-corrected chi connectivity index (χ3v) is 3.37. The van der Waals surface area contributed by atoms with Gasteiger partial charge in [0.2, 0.25) is 0 Å². The second-order valence-corrected chi connectivity index (χ2v) is 5.48. The lowest BCUT2D eigenvalue weighted by Gasteiger charge is -2.14. The zero-order chi connectivity index (χ0) is 16.1. The molecule has 114 valence electrons. The molecule has 2 N–H and O–H groups in total. The predicted octanol–water partition coefficient (Wildman–Crippen LogP) is 3.34. The number of benzene rings is 2. The molecule has 6 heteroatoms. The summed E-state index contributed by atoms with van der Waals surface area (Å²) in [5.41, 5.74) is 0.606. The topological polar surface area (TPSA) is 75.6 Å². The molecule has 5 nitrogen and oxygen atoms in total. The van der Waals surface area contributed by atoms with Gasteiger partial charge in [0.25, 0.3) is 5.91 Å². The van der Waals surface area contributed by atoms with Crippen LogP contribution in [0.4, 0.5) is 5.69 Å².